The Hall–Kier alpha value is -2.19. The molecule has 0 rings (SSSR count). The molecule has 0 spiro atoms. The Morgan fingerprint density at radius 2 is 0.943 bits per heavy atom. The fraction of sp³-hybridized carbons (Fsp3) is 0.844. The molecule has 0 aliphatic carbocycles. The van der Waals surface area contributed by atoms with Crippen molar-refractivity contribution in [1.82, 2.24) is 0 Å². The van der Waals surface area contributed by atoms with Gasteiger partial charge in [-0.2, -0.15) is 0 Å². The summed E-state index contributed by atoms with van der Waals surface area (Å²) in [7, 11) is 5.52. The zero-order chi connectivity index (χ0) is 39.3. The largest absolute Gasteiger partial charge is 0.477 e. The van der Waals surface area contributed by atoms with E-state index in [1.165, 1.54) is 109 Å². The third-order valence-corrected chi connectivity index (χ3v) is 9.82. The van der Waals surface area contributed by atoms with E-state index in [0.717, 1.165) is 51.4 Å². The maximum absolute atomic E-state index is 12.7. The predicted molar refractivity (Wildman–Crippen MR) is 220 cm³/mol. The van der Waals surface area contributed by atoms with Crippen LogP contribution in [0.4, 0.5) is 0 Å². The van der Waals surface area contributed by atoms with Gasteiger partial charge in [0.1, 0.15) is 6.61 Å². The summed E-state index contributed by atoms with van der Waals surface area (Å²) >= 11 is 0. The van der Waals surface area contributed by atoms with E-state index < -0.39 is 18.1 Å². The number of carbonyl (C=O) groups is 3. The first-order valence-corrected chi connectivity index (χ1v) is 21.9. The van der Waals surface area contributed by atoms with Gasteiger partial charge in [0, 0.05) is 19.3 Å². The topological polar surface area (TPSA) is 99.1 Å². The number of unbranched alkanes of at least 4 members (excludes halogenated alkanes) is 21. The number of allylic oxidation sites excluding steroid dienone is 4. The molecule has 1 N–H and O–H groups in total. The van der Waals surface area contributed by atoms with E-state index in [1.807, 2.05) is 21.1 Å². The molecule has 0 aliphatic rings. The van der Waals surface area contributed by atoms with Crippen LogP contribution in [0, 0.1) is 0 Å². The van der Waals surface area contributed by atoms with Gasteiger partial charge in [-0.3, -0.25) is 9.59 Å². The molecule has 0 saturated heterocycles. The van der Waals surface area contributed by atoms with Gasteiger partial charge in [0.2, 0.25) is 0 Å². The molecular formula is C45H84NO7+. The van der Waals surface area contributed by atoms with E-state index in [0.29, 0.717) is 19.3 Å². The van der Waals surface area contributed by atoms with Crippen molar-refractivity contribution in [3.63, 3.8) is 0 Å². The predicted octanol–water partition coefficient (Wildman–Crippen LogP) is 11.7. The number of carbonyl (C=O) groups excluding carboxylic acids is 2. The zero-order valence-electron chi connectivity index (χ0n) is 35.2. The normalized spacial score (nSPS) is 13.2. The summed E-state index contributed by atoms with van der Waals surface area (Å²) in [5, 5.41) is 9.60. The number of esters is 2. The molecular weight excluding hydrogens is 666 g/mol. The Labute approximate surface area is 326 Å². The highest BCUT2D eigenvalue weighted by atomic mass is 16.6. The second-order valence-corrected chi connectivity index (χ2v) is 15.9. The number of carboxylic acids is 1. The maximum atomic E-state index is 12.7. The van der Waals surface area contributed by atoms with Gasteiger partial charge >= 0.3 is 17.9 Å². The summed E-state index contributed by atoms with van der Waals surface area (Å²) in [5.41, 5.74) is 0. The molecule has 0 aromatic heterocycles. The van der Waals surface area contributed by atoms with E-state index in [9.17, 15) is 19.5 Å². The van der Waals surface area contributed by atoms with Crippen molar-refractivity contribution in [2.24, 2.45) is 0 Å². The van der Waals surface area contributed by atoms with Crippen LogP contribution < -0.4 is 0 Å². The van der Waals surface area contributed by atoms with Gasteiger partial charge in [0.05, 0.1) is 34.4 Å². The Morgan fingerprint density at radius 1 is 0.547 bits per heavy atom. The second kappa shape index (κ2) is 36.8. The smallest absolute Gasteiger partial charge is 0.362 e. The van der Waals surface area contributed by atoms with Crippen LogP contribution in [0.5, 0.6) is 0 Å². The Bertz CT molecular complexity index is 926. The fourth-order valence-electron chi connectivity index (χ4n) is 6.37. The number of hydrogen-bond donors (Lipinski definition) is 1. The van der Waals surface area contributed by atoms with E-state index in [4.69, 9.17) is 14.2 Å². The standard InChI is InChI=1S/C45H83NO7/c1-6-8-10-12-14-16-18-20-21-22-23-24-26-27-29-31-33-35-43(47)52-40-41(39-51-38-37-42(45(49)50)46(3,4)5)53-44(48)36-34-32-30-28-25-19-17-15-13-11-9-7-2/h15,17,20-21,41-42H,6-14,16,18-19,22-40H2,1-5H3/p+1/b17-15+,21-20+. The van der Waals surface area contributed by atoms with Gasteiger partial charge in [-0.05, 0) is 64.2 Å². The molecule has 0 saturated carbocycles. The van der Waals surface area contributed by atoms with E-state index in [2.05, 4.69) is 38.2 Å². The van der Waals surface area contributed by atoms with Crippen LogP contribution >= 0.6 is 0 Å². The van der Waals surface area contributed by atoms with E-state index >= 15 is 0 Å². The van der Waals surface area contributed by atoms with Crippen LogP contribution in [-0.2, 0) is 28.6 Å². The van der Waals surface area contributed by atoms with Crippen molar-refractivity contribution in [2.45, 2.75) is 206 Å². The summed E-state index contributed by atoms with van der Waals surface area (Å²) in [6, 6.07) is -0.614. The molecule has 0 amide bonds. The van der Waals surface area contributed by atoms with E-state index in [-0.39, 0.29) is 36.2 Å². The number of carboxylic acid groups (broad SMARTS) is 1. The number of likely N-dealkylation sites (N-methyl/N-ethyl adjacent to an activating group) is 1. The molecule has 8 heteroatoms. The van der Waals surface area contributed by atoms with Crippen LogP contribution in [0.2, 0.25) is 0 Å². The number of quaternary nitrogens is 1. The average molecular weight is 751 g/mol. The lowest BCUT2D eigenvalue weighted by Crippen LogP contribution is -2.50. The van der Waals surface area contributed by atoms with Gasteiger partial charge in [0.15, 0.2) is 12.1 Å². The molecule has 0 radical (unpaired) electrons. The maximum Gasteiger partial charge on any atom is 0.362 e. The van der Waals surface area contributed by atoms with Gasteiger partial charge in [-0.25, -0.2) is 4.79 Å². The quantitative estimate of drug-likeness (QED) is 0.0289. The van der Waals surface area contributed by atoms with E-state index in [1.54, 1.807) is 0 Å². The second-order valence-electron chi connectivity index (χ2n) is 15.9. The first-order valence-electron chi connectivity index (χ1n) is 21.9. The molecule has 2 atom stereocenters. The van der Waals surface area contributed by atoms with Crippen molar-refractivity contribution in [3.8, 4) is 0 Å². The molecule has 53 heavy (non-hydrogen) atoms. The SMILES string of the molecule is CCCCC/C=C/CCCCCCCC(=O)OC(COCCC(C(=O)O)[N+](C)(C)C)COC(=O)CCCCCCCCC/C=C/CCCCCCCC. The van der Waals surface area contributed by atoms with Gasteiger partial charge in [-0.15, -0.1) is 0 Å². The number of rotatable bonds is 39. The lowest BCUT2D eigenvalue weighted by Gasteiger charge is -2.31. The van der Waals surface area contributed by atoms with Crippen LogP contribution in [0.3, 0.4) is 0 Å². The number of ether oxygens (including phenoxy) is 3. The number of aliphatic carboxylic acids is 1. The molecule has 310 valence electrons. The van der Waals surface area contributed by atoms with Gasteiger partial charge < -0.3 is 23.8 Å². The lowest BCUT2D eigenvalue weighted by molar-refractivity contribution is -0.887. The third-order valence-electron chi connectivity index (χ3n) is 9.82. The Balaban J connectivity index is 4.33. The Kier molecular flexibility index (Phi) is 35.2. The zero-order valence-corrected chi connectivity index (χ0v) is 35.2. The molecule has 0 aromatic carbocycles. The molecule has 0 aromatic rings. The van der Waals surface area contributed by atoms with Gasteiger partial charge in [0.25, 0.3) is 0 Å². The highest BCUT2D eigenvalue weighted by Crippen LogP contribution is 2.14. The monoisotopic (exact) mass is 751 g/mol. The molecule has 0 heterocycles. The van der Waals surface area contributed by atoms with Crippen molar-refractivity contribution >= 4 is 17.9 Å². The summed E-state index contributed by atoms with van der Waals surface area (Å²) in [6.45, 7) is 4.70. The summed E-state index contributed by atoms with van der Waals surface area (Å²) in [5.74, 6) is -1.48. The first-order chi connectivity index (χ1) is 25.6. The Morgan fingerprint density at radius 3 is 1.40 bits per heavy atom. The minimum Gasteiger partial charge on any atom is -0.477 e. The number of nitrogens with zero attached hydrogens (tertiary/aromatic N) is 1. The fourth-order valence-corrected chi connectivity index (χ4v) is 6.37. The number of hydrogen-bond acceptors (Lipinski definition) is 6. The third kappa shape index (κ3) is 35.3. The van der Waals surface area contributed by atoms with Crippen molar-refractivity contribution in [1.29, 1.82) is 0 Å². The molecule has 2 unspecified atom stereocenters. The minimum absolute atomic E-state index is 0.0539. The van der Waals surface area contributed by atoms with Crippen LogP contribution in [-0.4, -0.2) is 80.6 Å². The highest BCUT2D eigenvalue weighted by molar-refractivity contribution is 5.72. The van der Waals surface area contributed by atoms with Crippen LogP contribution in [0.15, 0.2) is 24.3 Å². The van der Waals surface area contributed by atoms with Crippen molar-refractivity contribution < 1.29 is 38.2 Å². The first kappa shape index (κ1) is 50.8. The van der Waals surface area contributed by atoms with Gasteiger partial charge in [-0.1, -0.05) is 134 Å². The van der Waals surface area contributed by atoms with Crippen LogP contribution in [0.25, 0.3) is 0 Å². The minimum atomic E-state index is -0.876. The average Bonchev–Trinajstić information content (AvgIpc) is 3.11. The van der Waals surface area contributed by atoms with Crippen molar-refractivity contribution in [3.05, 3.63) is 24.3 Å². The summed E-state index contributed by atoms with van der Waals surface area (Å²) in [6.07, 6.45) is 39.3. The van der Waals surface area contributed by atoms with Crippen molar-refractivity contribution in [2.75, 3.05) is 41.0 Å². The summed E-state index contributed by atoms with van der Waals surface area (Å²) < 4.78 is 17.3. The highest BCUT2D eigenvalue weighted by Gasteiger charge is 2.31. The molecule has 0 bridgehead atoms. The molecule has 0 aliphatic heterocycles. The molecule has 0 fully saturated rings. The molecule has 8 nitrogen and oxygen atoms in total. The summed E-state index contributed by atoms with van der Waals surface area (Å²) in [4.78, 5) is 36.9. The van der Waals surface area contributed by atoms with Crippen LogP contribution in [0.1, 0.15) is 194 Å². The lowest BCUT2D eigenvalue weighted by atomic mass is 10.1.